The van der Waals surface area contributed by atoms with E-state index in [1.807, 2.05) is 19.1 Å². The lowest BCUT2D eigenvalue weighted by molar-refractivity contribution is 0.796. The minimum atomic E-state index is 0.000251. The molecule has 2 N–H and O–H groups in total. The number of rotatable bonds is 2. The van der Waals surface area contributed by atoms with Crippen molar-refractivity contribution >= 4 is 0 Å². The van der Waals surface area contributed by atoms with Crippen molar-refractivity contribution in [2.75, 3.05) is 0 Å². The molecule has 2 rings (SSSR count). The van der Waals surface area contributed by atoms with Gasteiger partial charge in [0.2, 0.25) is 0 Å². The van der Waals surface area contributed by atoms with Gasteiger partial charge in [0.1, 0.15) is 12.7 Å². The fourth-order valence-electron chi connectivity index (χ4n) is 1.17. The van der Waals surface area contributed by atoms with Crippen LogP contribution >= 0.6 is 0 Å². The zero-order valence-electron chi connectivity index (χ0n) is 7.83. The molecule has 2 aromatic rings. The second kappa shape index (κ2) is 3.55. The number of hydrogen-bond donors (Lipinski definition) is 1. The predicted octanol–water partition coefficient (Wildman–Crippen LogP) is 0.682. The largest absolute Gasteiger partial charge is 0.324 e. The maximum atomic E-state index is 5.76. The van der Waals surface area contributed by atoms with Crippen LogP contribution in [-0.4, -0.2) is 19.7 Å². The summed E-state index contributed by atoms with van der Waals surface area (Å²) in [6, 6.07) is 3.80. The van der Waals surface area contributed by atoms with E-state index in [-0.39, 0.29) is 6.04 Å². The van der Waals surface area contributed by atoms with Gasteiger partial charge in [-0.2, -0.15) is 5.10 Å². The average Bonchev–Trinajstić information content (AvgIpc) is 2.71. The van der Waals surface area contributed by atoms with Gasteiger partial charge >= 0.3 is 0 Å². The van der Waals surface area contributed by atoms with Gasteiger partial charge < -0.3 is 5.73 Å². The van der Waals surface area contributed by atoms with Gasteiger partial charge in [-0.25, -0.2) is 14.6 Å². The molecule has 1 atom stereocenters. The van der Waals surface area contributed by atoms with Gasteiger partial charge in [0.15, 0.2) is 5.82 Å². The number of hydrogen-bond acceptors (Lipinski definition) is 4. The van der Waals surface area contributed by atoms with Crippen LogP contribution in [0.4, 0.5) is 0 Å². The van der Waals surface area contributed by atoms with Crippen LogP contribution in [0.2, 0.25) is 0 Å². The highest BCUT2D eigenvalue weighted by molar-refractivity contribution is 5.27. The summed E-state index contributed by atoms with van der Waals surface area (Å²) in [5.74, 6) is 0.734. The summed E-state index contributed by atoms with van der Waals surface area (Å²) in [5, 5.41) is 3.99. The van der Waals surface area contributed by atoms with Gasteiger partial charge in [-0.05, 0) is 24.6 Å². The molecule has 72 valence electrons. The minimum absolute atomic E-state index is 0.000251. The molecule has 14 heavy (non-hydrogen) atoms. The Hall–Kier alpha value is -1.75. The number of aromatic nitrogens is 4. The summed E-state index contributed by atoms with van der Waals surface area (Å²) >= 11 is 0. The van der Waals surface area contributed by atoms with Crippen LogP contribution in [0, 0.1) is 0 Å². The zero-order valence-corrected chi connectivity index (χ0v) is 7.83. The lowest BCUT2D eigenvalue weighted by atomic mass is 10.1. The van der Waals surface area contributed by atoms with Crippen molar-refractivity contribution in [2.45, 2.75) is 13.0 Å². The monoisotopic (exact) mass is 189 g/mol. The predicted molar refractivity (Wildman–Crippen MR) is 51.8 cm³/mol. The van der Waals surface area contributed by atoms with E-state index in [9.17, 15) is 0 Å². The van der Waals surface area contributed by atoms with E-state index in [0.717, 1.165) is 11.4 Å². The second-order valence-corrected chi connectivity index (χ2v) is 3.08. The summed E-state index contributed by atoms with van der Waals surface area (Å²) < 4.78 is 1.60. The third-order valence-corrected chi connectivity index (χ3v) is 1.95. The van der Waals surface area contributed by atoms with E-state index in [1.54, 1.807) is 17.2 Å². The molecule has 0 saturated carbocycles. The first-order valence-corrected chi connectivity index (χ1v) is 4.34. The zero-order chi connectivity index (χ0) is 9.97. The van der Waals surface area contributed by atoms with Crippen molar-refractivity contribution in [3.05, 3.63) is 36.5 Å². The highest BCUT2D eigenvalue weighted by Crippen LogP contribution is 2.11. The molecular weight excluding hydrogens is 178 g/mol. The molecule has 2 aromatic heterocycles. The van der Waals surface area contributed by atoms with E-state index in [1.165, 1.54) is 6.33 Å². The van der Waals surface area contributed by atoms with Gasteiger partial charge in [0.05, 0.1) is 0 Å². The van der Waals surface area contributed by atoms with Crippen molar-refractivity contribution in [2.24, 2.45) is 5.73 Å². The van der Waals surface area contributed by atoms with Crippen LogP contribution in [0.15, 0.2) is 31.0 Å². The van der Waals surface area contributed by atoms with Crippen molar-refractivity contribution in [1.82, 2.24) is 19.7 Å². The highest BCUT2D eigenvalue weighted by atomic mass is 15.3. The Labute approximate surface area is 81.6 Å². The normalized spacial score (nSPS) is 12.7. The minimum Gasteiger partial charge on any atom is -0.324 e. The smallest absolute Gasteiger partial charge is 0.155 e. The topological polar surface area (TPSA) is 69.6 Å². The SMILES string of the molecule is C[C@@H](N)c1ccnc(-n2cncn2)c1. The highest BCUT2D eigenvalue weighted by Gasteiger charge is 2.02. The molecule has 0 radical (unpaired) electrons. The van der Waals surface area contributed by atoms with Crippen molar-refractivity contribution in [1.29, 1.82) is 0 Å². The average molecular weight is 189 g/mol. The Bertz CT molecular complexity index is 407. The number of nitrogens with zero attached hydrogens (tertiary/aromatic N) is 4. The lowest BCUT2D eigenvalue weighted by Gasteiger charge is -2.06. The maximum Gasteiger partial charge on any atom is 0.155 e. The number of nitrogens with two attached hydrogens (primary N) is 1. The molecule has 5 heteroatoms. The fraction of sp³-hybridized carbons (Fsp3) is 0.222. The standard InChI is InChI=1S/C9H11N5/c1-7(10)8-2-3-12-9(4-8)14-6-11-5-13-14/h2-7H,10H2,1H3/t7-/m1/s1. The Balaban J connectivity index is 2.41. The molecule has 0 aliphatic rings. The molecule has 0 amide bonds. The second-order valence-electron chi connectivity index (χ2n) is 3.08. The van der Waals surface area contributed by atoms with Crippen LogP contribution < -0.4 is 5.73 Å². The first-order valence-electron chi connectivity index (χ1n) is 4.34. The Morgan fingerprint density at radius 1 is 1.50 bits per heavy atom. The maximum absolute atomic E-state index is 5.76. The van der Waals surface area contributed by atoms with Gasteiger partial charge in [0.25, 0.3) is 0 Å². The number of pyridine rings is 1. The Morgan fingerprint density at radius 2 is 2.36 bits per heavy atom. The van der Waals surface area contributed by atoms with Crippen molar-refractivity contribution in [3.63, 3.8) is 0 Å². The summed E-state index contributed by atoms with van der Waals surface area (Å²) in [5.41, 5.74) is 6.80. The molecule has 0 aromatic carbocycles. The Kier molecular flexibility index (Phi) is 2.24. The molecule has 0 spiro atoms. The molecule has 5 nitrogen and oxygen atoms in total. The van der Waals surface area contributed by atoms with Crippen LogP contribution in [0.25, 0.3) is 5.82 Å². The van der Waals surface area contributed by atoms with E-state index >= 15 is 0 Å². The third kappa shape index (κ3) is 1.62. The van der Waals surface area contributed by atoms with E-state index in [2.05, 4.69) is 15.1 Å². The quantitative estimate of drug-likeness (QED) is 0.754. The van der Waals surface area contributed by atoms with E-state index in [4.69, 9.17) is 5.73 Å². The molecule has 0 unspecified atom stereocenters. The molecule has 0 saturated heterocycles. The van der Waals surface area contributed by atoms with Crippen LogP contribution in [0.5, 0.6) is 0 Å². The summed E-state index contributed by atoms with van der Waals surface area (Å²) in [7, 11) is 0. The summed E-state index contributed by atoms with van der Waals surface area (Å²) in [4.78, 5) is 8.02. The van der Waals surface area contributed by atoms with Gasteiger partial charge in [-0.3, -0.25) is 0 Å². The first kappa shape index (κ1) is 8.83. The molecule has 2 heterocycles. The van der Waals surface area contributed by atoms with Crippen LogP contribution in [0.1, 0.15) is 18.5 Å². The van der Waals surface area contributed by atoms with Crippen LogP contribution in [-0.2, 0) is 0 Å². The van der Waals surface area contributed by atoms with Crippen LogP contribution in [0.3, 0.4) is 0 Å². The van der Waals surface area contributed by atoms with Gasteiger partial charge in [0, 0.05) is 12.2 Å². The van der Waals surface area contributed by atoms with E-state index in [0.29, 0.717) is 0 Å². The molecule has 0 aliphatic carbocycles. The fourth-order valence-corrected chi connectivity index (χ4v) is 1.17. The summed E-state index contributed by atoms with van der Waals surface area (Å²) in [6.45, 7) is 1.93. The molecule has 0 bridgehead atoms. The first-order chi connectivity index (χ1) is 6.77. The molecule has 0 aliphatic heterocycles. The lowest BCUT2D eigenvalue weighted by Crippen LogP contribution is -2.07. The van der Waals surface area contributed by atoms with E-state index < -0.39 is 0 Å². The third-order valence-electron chi connectivity index (χ3n) is 1.95. The Morgan fingerprint density at radius 3 is 3.00 bits per heavy atom. The molecule has 0 fully saturated rings. The van der Waals surface area contributed by atoms with Gasteiger partial charge in [-0.15, -0.1) is 0 Å². The molecular formula is C9H11N5. The van der Waals surface area contributed by atoms with Crippen molar-refractivity contribution < 1.29 is 0 Å². The van der Waals surface area contributed by atoms with Gasteiger partial charge in [-0.1, -0.05) is 0 Å². The summed E-state index contributed by atoms with van der Waals surface area (Å²) in [6.07, 6.45) is 4.79. The van der Waals surface area contributed by atoms with Crippen molar-refractivity contribution in [3.8, 4) is 5.82 Å².